The molecule has 2 aromatic heterocycles. The molecule has 0 saturated carbocycles. The highest BCUT2D eigenvalue weighted by Gasteiger charge is 2.22. The van der Waals surface area contributed by atoms with Crippen molar-refractivity contribution in [2.75, 3.05) is 38.7 Å². The first-order valence-corrected chi connectivity index (χ1v) is 12.1. The molecule has 186 valence electrons. The number of hydrogen-bond acceptors (Lipinski definition) is 8. The van der Waals surface area contributed by atoms with Crippen molar-refractivity contribution in [3.05, 3.63) is 60.2 Å². The molecule has 1 saturated heterocycles. The molecule has 1 aromatic carbocycles. The van der Waals surface area contributed by atoms with Crippen molar-refractivity contribution in [2.24, 2.45) is 0 Å². The second-order valence-corrected chi connectivity index (χ2v) is 8.35. The zero-order valence-electron chi connectivity index (χ0n) is 20.6. The van der Waals surface area contributed by atoms with Gasteiger partial charge in [0.05, 0.1) is 20.3 Å². The van der Waals surface area contributed by atoms with Crippen LogP contribution in [0.5, 0.6) is 11.5 Å². The Balaban J connectivity index is 1.42. The van der Waals surface area contributed by atoms with E-state index in [4.69, 9.17) is 14.2 Å². The van der Waals surface area contributed by atoms with Gasteiger partial charge in [0.2, 0.25) is 5.95 Å². The Morgan fingerprint density at radius 3 is 2.34 bits per heavy atom. The summed E-state index contributed by atoms with van der Waals surface area (Å²) < 4.78 is 18.8. The van der Waals surface area contributed by atoms with E-state index in [9.17, 15) is 4.79 Å². The van der Waals surface area contributed by atoms with Crippen molar-refractivity contribution in [3.63, 3.8) is 0 Å². The first-order chi connectivity index (χ1) is 17.1. The number of aromatic nitrogens is 3. The highest BCUT2D eigenvalue weighted by molar-refractivity contribution is 5.87. The number of esters is 1. The highest BCUT2D eigenvalue weighted by atomic mass is 16.5. The molecule has 1 fully saturated rings. The van der Waals surface area contributed by atoms with Crippen molar-refractivity contribution < 1.29 is 19.0 Å². The van der Waals surface area contributed by atoms with Gasteiger partial charge in [-0.3, -0.25) is 4.90 Å². The number of anilines is 1. The number of benzene rings is 1. The number of nitrogens with zero attached hydrogens (tertiary/aromatic N) is 4. The smallest absolute Gasteiger partial charge is 0.356 e. The summed E-state index contributed by atoms with van der Waals surface area (Å²) in [6.07, 6.45) is 7.47. The van der Waals surface area contributed by atoms with E-state index in [2.05, 4.69) is 32.3 Å². The van der Waals surface area contributed by atoms with Crippen molar-refractivity contribution in [1.29, 1.82) is 0 Å². The third kappa shape index (κ3) is 6.10. The summed E-state index contributed by atoms with van der Waals surface area (Å²) in [5.41, 5.74) is 2.34. The van der Waals surface area contributed by atoms with Crippen LogP contribution in [0.4, 0.5) is 5.95 Å². The Morgan fingerprint density at radius 1 is 1.09 bits per heavy atom. The van der Waals surface area contributed by atoms with E-state index in [0.29, 0.717) is 19.2 Å². The van der Waals surface area contributed by atoms with Crippen molar-refractivity contribution in [1.82, 2.24) is 19.4 Å². The lowest BCUT2D eigenvalue weighted by Gasteiger charge is -2.32. The quantitative estimate of drug-likeness (QED) is 0.438. The van der Waals surface area contributed by atoms with Crippen molar-refractivity contribution in [2.45, 2.75) is 39.3 Å². The van der Waals surface area contributed by atoms with E-state index in [0.717, 1.165) is 55.2 Å². The van der Waals surface area contributed by atoms with Gasteiger partial charge >= 0.3 is 5.97 Å². The molecule has 3 aromatic rings. The van der Waals surface area contributed by atoms with Crippen LogP contribution in [0.3, 0.4) is 0 Å². The summed E-state index contributed by atoms with van der Waals surface area (Å²) in [5, 5.41) is 3.36. The maximum atomic E-state index is 11.7. The molecular formula is C26H33N5O4. The van der Waals surface area contributed by atoms with Gasteiger partial charge in [0.1, 0.15) is 17.2 Å². The fraction of sp³-hybridized carbons (Fsp3) is 0.423. The number of hydrogen-bond donors (Lipinski definition) is 1. The molecule has 4 rings (SSSR count). The van der Waals surface area contributed by atoms with Gasteiger partial charge in [0.25, 0.3) is 0 Å². The van der Waals surface area contributed by atoms with E-state index in [-0.39, 0.29) is 11.7 Å². The van der Waals surface area contributed by atoms with Gasteiger partial charge in [-0.05, 0) is 62.6 Å². The number of ether oxygens (including phenoxy) is 3. The molecule has 0 aliphatic carbocycles. The number of carbonyl (C=O) groups excluding carboxylic acids is 1. The fourth-order valence-electron chi connectivity index (χ4n) is 4.32. The van der Waals surface area contributed by atoms with E-state index < -0.39 is 5.97 Å². The largest absolute Gasteiger partial charge is 0.492 e. The number of carbonyl (C=O) groups is 1. The van der Waals surface area contributed by atoms with Crippen LogP contribution in [0.1, 0.15) is 42.7 Å². The van der Waals surface area contributed by atoms with E-state index in [1.165, 1.54) is 7.11 Å². The third-order valence-electron chi connectivity index (χ3n) is 5.94. The van der Waals surface area contributed by atoms with Crippen LogP contribution in [0, 0.1) is 0 Å². The minimum absolute atomic E-state index is 0.244. The van der Waals surface area contributed by atoms with Gasteiger partial charge < -0.3 is 24.1 Å². The third-order valence-corrected chi connectivity index (χ3v) is 5.94. The average molecular weight is 480 g/mol. The number of nitrogens with one attached hydrogen (secondary N) is 1. The summed E-state index contributed by atoms with van der Waals surface area (Å²) >= 11 is 0. The monoisotopic (exact) mass is 479 g/mol. The first kappa shape index (κ1) is 24.5. The highest BCUT2D eigenvalue weighted by Crippen LogP contribution is 2.35. The van der Waals surface area contributed by atoms with Crippen LogP contribution in [-0.2, 0) is 11.3 Å². The van der Waals surface area contributed by atoms with Crippen LogP contribution in [0.25, 0.3) is 5.69 Å². The molecule has 0 bridgehead atoms. The predicted molar refractivity (Wildman–Crippen MR) is 133 cm³/mol. The topological polar surface area (TPSA) is 90.7 Å². The molecule has 9 nitrogen and oxygen atoms in total. The Morgan fingerprint density at radius 2 is 1.74 bits per heavy atom. The van der Waals surface area contributed by atoms with Crippen molar-refractivity contribution >= 4 is 11.9 Å². The lowest BCUT2D eigenvalue weighted by atomic mass is 10.0. The molecule has 1 N–H and O–H groups in total. The SMILES string of the molecule is CCOc1cc(CN2CCC(Nc3nccc(C(=O)OC)n3)CC2)cc(OCC)c1-n1cccc1. The molecule has 0 amide bonds. The summed E-state index contributed by atoms with van der Waals surface area (Å²) in [7, 11) is 1.34. The molecular weight excluding hydrogens is 446 g/mol. The van der Waals surface area contributed by atoms with Crippen LogP contribution in [0.2, 0.25) is 0 Å². The molecule has 0 unspecified atom stereocenters. The Bertz CT molecular complexity index is 1080. The van der Waals surface area contributed by atoms with Gasteiger partial charge in [0, 0.05) is 44.3 Å². The minimum Gasteiger partial charge on any atom is -0.492 e. The molecule has 1 aliphatic rings. The molecule has 0 atom stereocenters. The minimum atomic E-state index is -0.467. The zero-order chi connectivity index (χ0) is 24.6. The van der Waals surface area contributed by atoms with Gasteiger partial charge in [0.15, 0.2) is 5.69 Å². The van der Waals surface area contributed by atoms with Crippen LogP contribution in [-0.4, -0.2) is 64.9 Å². The normalized spacial score (nSPS) is 14.5. The fourth-order valence-corrected chi connectivity index (χ4v) is 4.32. The summed E-state index contributed by atoms with van der Waals surface area (Å²) in [4.78, 5) is 22.7. The van der Waals surface area contributed by atoms with Gasteiger partial charge in [-0.25, -0.2) is 14.8 Å². The standard InChI is InChI=1S/C26H33N5O4/c1-4-34-22-16-19(17-23(35-5-2)24(22)31-12-6-7-13-31)18-30-14-9-20(10-15-30)28-26-27-11-8-21(29-26)25(32)33-3/h6-8,11-13,16-17,20H,4-5,9-10,14-15,18H2,1-3H3,(H,27,28,29). The second kappa shape index (κ2) is 11.7. The molecule has 0 radical (unpaired) electrons. The summed E-state index contributed by atoms with van der Waals surface area (Å²) in [6, 6.07) is 10.0. The number of rotatable bonds is 10. The lowest BCUT2D eigenvalue weighted by molar-refractivity contribution is 0.0594. The van der Waals surface area contributed by atoms with Crippen molar-refractivity contribution in [3.8, 4) is 17.2 Å². The van der Waals surface area contributed by atoms with Crippen LogP contribution >= 0.6 is 0 Å². The molecule has 35 heavy (non-hydrogen) atoms. The van der Waals surface area contributed by atoms with Gasteiger partial charge in [-0.2, -0.15) is 0 Å². The van der Waals surface area contributed by atoms with Gasteiger partial charge in [-0.1, -0.05) is 0 Å². The van der Waals surface area contributed by atoms with Crippen LogP contribution < -0.4 is 14.8 Å². The van der Waals surface area contributed by atoms with Crippen LogP contribution in [0.15, 0.2) is 48.9 Å². The van der Waals surface area contributed by atoms with E-state index in [1.807, 2.05) is 42.9 Å². The predicted octanol–water partition coefficient (Wildman–Crippen LogP) is 3.93. The summed E-state index contributed by atoms with van der Waals surface area (Å²) in [5.74, 6) is 1.63. The van der Waals surface area contributed by atoms with Gasteiger partial charge in [-0.15, -0.1) is 0 Å². The molecule has 1 aliphatic heterocycles. The zero-order valence-corrected chi connectivity index (χ0v) is 20.6. The first-order valence-electron chi connectivity index (χ1n) is 12.1. The summed E-state index contributed by atoms with van der Waals surface area (Å²) in [6.45, 7) is 7.83. The maximum absolute atomic E-state index is 11.7. The molecule has 3 heterocycles. The number of likely N-dealkylation sites (tertiary alicyclic amines) is 1. The molecule has 0 spiro atoms. The lowest BCUT2D eigenvalue weighted by Crippen LogP contribution is -2.39. The number of piperidine rings is 1. The Labute approximate surface area is 206 Å². The average Bonchev–Trinajstić information content (AvgIpc) is 3.40. The Hall–Kier alpha value is -3.59. The number of methoxy groups -OCH3 is 1. The molecule has 9 heteroatoms. The van der Waals surface area contributed by atoms with E-state index in [1.54, 1.807) is 12.3 Å². The maximum Gasteiger partial charge on any atom is 0.356 e. The second-order valence-electron chi connectivity index (χ2n) is 8.35. The Kier molecular flexibility index (Phi) is 8.20. The van der Waals surface area contributed by atoms with E-state index >= 15 is 0 Å².